The maximum atomic E-state index is 12.4. The number of amides is 2. The summed E-state index contributed by atoms with van der Waals surface area (Å²) in [5.41, 5.74) is 1.83. The van der Waals surface area contributed by atoms with Gasteiger partial charge in [-0.15, -0.1) is 0 Å². The maximum Gasteiger partial charge on any atom is 0.312 e. The summed E-state index contributed by atoms with van der Waals surface area (Å²) in [7, 11) is 0. The third kappa shape index (κ3) is 4.09. The van der Waals surface area contributed by atoms with E-state index in [1.165, 1.54) is 4.90 Å². The molecule has 1 N–H and O–H groups in total. The molecule has 0 spiro atoms. The SMILES string of the molecule is CCN(Cc1ccccc1)C(=O)C(=O)NCc1ccc2c(c1)OCO2. The zero-order valence-electron chi connectivity index (χ0n) is 14.0. The fourth-order valence-corrected chi connectivity index (χ4v) is 2.58. The van der Waals surface area contributed by atoms with E-state index < -0.39 is 11.8 Å². The third-order valence-corrected chi connectivity index (χ3v) is 3.97. The van der Waals surface area contributed by atoms with E-state index in [-0.39, 0.29) is 13.3 Å². The van der Waals surface area contributed by atoms with Gasteiger partial charge in [-0.1, -0.05) is 36.4 Å². The lowest BCUT2D eigenvalue weighted by molar-refractivity contribution is -0.146. The Morgan fingerprint density at radius 3 is 2.56 bits per heavy atom. The molecule has 1 heterocycles. The van der Waals surface area contributed by atoms with Crippen LogP contribution >= 0.6 is 0 Å². The first-order valence-corrected chi connectivity index (χ1v) is 8.17. The molecule has 0 atom stereocenters. The average molecular weight is 340 g/mol. The van der Waals surface area contributed by atoms with Crippen molar-refractivity contribution in [3.63, 3.8) is 0 Å². The van der Waals surface area contributed by atoms with Crippen LogP contribution in [-0.4, -0.2) is 30.1 Å². The van der Waals surface area contributed by atoms with E-state index in [1.54, 1.807) is 12.1 Å². The topological polar surface area (TPSA) is 67.9 Å². The van der Waals surface area contributed by atoms with Crippen LogP contribution < -0.4 is 14.8 Å². The van der Waals surface area contributed by atoms with Crippen molar-refractivity contribution in [2.45, 2.75) is 20.0 Å². The molecule has 0 unspecified atom stereocenters. The molecule has 2 aromatic rings. The van der Waals surface area contributed by atoms with Gasteiger partial charge in [0.25, 0.3) is 0 Å². The number of ether oxygens (including phenoxy) is 2. The standard InChI is InChI=1S/C19H20N2O4/c1-2-21(12-14-6-4-3-5-7-14)19(23)18(22)20-11-15-8-9-16-17(10-15)25-13-24-16/h3-10H,2,11-13H2,1H3,(H,20,22). The molecule has 130 valence electrons. The van der Waals surface area contributed by atoms with Gasteiger partial charge in [0.1, 0.15) is 0 Å². The fourth-order valence-electron chi connectivity index (χ4n) is 2.58. The smallest absolute Gasteiger partial charge is 0.312 e. The van der Waals surface area contributed by atoms with Crippen molar-refractivity contribution in [2.75, 3.05) is 13.3 Å². The molecule has 0 aliphatic carbocycles. The van der Waals surface area contributed by atoms with Crippen molar-refractivity contribution in [1.82, 2.24) is 10.2 Å². The van der Waals surface area contributed by atoms with Gasteiger partial charge in [-0.25, -0.2) is 0 Å². The van der Waals surface area contributed by atoms with E-state index in [1.807, 2.05) is 43.3 Å². The van der Waals surface area contributed by atoms with E-state index in [0.717, 1.165) is 11.1 Å². The van der Waals surface area contributed by atoms with Crippen LogP contribution in [0.25, 0.3) is 0 Å². The Bertz CT molecular complexity index is 761. The van der Waals surface area contributed by atoms with E-state index in [4.69, 9.17) is 9.47 Å². The molecule has 0 saturated carbocycles. The zero-order chi connectivity index (χ0) is 17.6. The summed E-state index contributed by atoms with van der Waals surface area (Å²) in [4.78, 5) is 26.1. The fraction of sp³-hybridized carbons (Fsp3) is 0.263. The first kappa shape index (κ1) is 16.8. The Labute approximate surface area is 146 Å². The molecule has 6 heteroatoms. The number of carbonyl (C=O) groups is 2. The quantitative estimate of drug-likeness (QED) is 0.846. The van der Waals surface area contributed by atoms with Gasteiger partial charge in [-0.05, 0) is 30.2 Å². The van der Waals surface area contributed by atoms with Crippen molar-refractivity contribution in [2.24, 2.45) is 0 Å². The lowest BCUT2D eigenvalue weighted by Crippen LogP contribution is -2.42. The maximum absolute atomic E-state index is 12.4. The predicted molar refractivity (Wildman–Crippen MR) is 91.9 cm³/mol. The molecule has 2 amide bonds. The number of likely N-dealkylation sites (N-methyl/N-ethyl adjacent to an activating group) is 1. The van der Waals surface area contributed by atoms with E-state index >= 15 is 0 Å². The van der Waals surface area contributed by atoms with Gasteiger partial charge in [-0.3, -0.25) is 9.59 Å². The zero-order valence-corrected chi connectivity index (χ0v) is 14.0. The second kappa shape index (κ2) is 7.70. The molecule has 3 rings (SSSR count). The van der Waals surface area contributed by atoms with Crippen LogP contribution in [0.4, 0.5) is 0 Å². The second-order valence-corrected chi connectivity index (χ2v) is 5.68. The molecular formula is C19H20N2O4. The summed E-state index contributed by atoms with van der Waals surface area (Å²) in [6.45, 7) is 3.18. The number of nitrogens with one attached hydrogen (secondary N) is 1. The van der Waals surface area contributed by atoms with Gasteiger partial charge in [0, 0.05) is 19.6 Å². The van der Waals surface area contributed by atoms with Gasteiger partial charge >= 0.3 is 11.8 Å². The van der Waals surface area contributed by atoms with Crippen LogP contribution in [0.2, 0.25) is 0 Å². The van der Waals surface area contributed by atoms with E-state index in [2.05, 4.69) is 5.32 Å². The summed E-state index contributed by atoms with van der Waals surface area (Å²) < 4.78 is 10.6. The molecule has 6 nitrogen and oxygen atoms in total. The number of nitrogens with zero attached hydrogens (tertiary/aromatic N) is 1. The van der Waals surface area contributed by atoms with Gasteiger partial charge in [-0.2, -0.15) is 0 Å². The van der Waals surface area contributed by atoms with Crippen LogP contribution in [0.3, 0.4) is 0 Å². The predicted octanol–water partition coefficient (Wildman–Crippen LogP) is 2.08. The van der Waals surface area contributed by atoms with Gasteiger partial charge in [0.15, 0.2) is 11.5 Å². The first-order chi connectivity index (χ1) is 12.2. The van der Waals surface area contributed by atoms with E-state index in [0.29, 0.717) is 24.6 Å². The normalized spacial score (nSPS) is 11.9. The number of carbonyl (C=O) groups excluding carboxylic acids is 2. The van der Waals surface area contributed by atoms with Crippen molar-refractivity contribution in [3.05, 3.63) is 59.7 Å². The number of hydrogen-bond donors (Lipinski definition) is 1. The molecule has 1 aliphatic heterocycles. The lowest BCUT2D eigenvalue weighted by Gasteiger charge is -2.20. The summed E-state index contributed by atoms with van der Waals surface area (Å²) in [5, 5.41) is 2.66. The molecule has 0 radical (unpaired) electrons. The largest absolute Gasteiger partial charge is 0.454 e. The van der Waals surface area contributed by atoms with Crippen LogP contribution in [0.5, 0.6) is 11.5 Å². The third-order valence-electron chi connectivity index (χ3n) is 3.97. The molecule has 0 aromatic heterocycles. The van der Waals surface area contributed by atoms with Crippen LogP contribution in [0.15, 0.2) is 48.5 Å². The summed E-state index contributed by atoms with van der Waals surface area (Å²) in [5.74, 6) is 0.186. The van der Waals surface area contributed by atoms with Gasteiger partial charge in [0.2, 0.25) is 6.79 Å². The van der Waals surface area contributed by atoms with Crippen molar-refractivity contribution >= 4 is 11.8 Å². The molecule has 1 aliphatic rings. The molecule has 0 bridgehead atoms. The van der Waals surface area contributed by atoms with E-state index in [9.17, 15) is 9.59 Å². The molecule has 25 heavy (non-hydrogen) atoms. The highest BCUT2D eigenvalue weighted by Crippen LogP contribution is 2.32. The monoisotopic (exact) mass is 340 g/mol. The van der Waals surface area contributed by atoms with Gasteiger partial charge in [0.05, 0.1) is 0 Å². The Morgan fingerprint density at radius 1 is 1.04 bits per heavy atom. The van der Waals surface area contributed by atoms with Gasteiger partial charge < -0.3 is 19.7 Å². The Balaban J connectivity index is 1.57. The first-order valence-electron chi connectivity index (χ1n) is 8.17. The van der Waals surface area contributed by atoms with Crippen LogP contribution in [-0.2, 0) is 22.7 Å². The van der Waals surface area contributed by atoms with Crippen LogP contribution in [0.1, 0.15) is 18.1 Å². The minimum absolute atomic E-state index is 0.203. The molecule has 2 aromatic carbocycles. The Kier molecular flexibility index (Phi) is 5.18. The van der Waals surface area contributed by atoms with Crippen LogP contribution in [0, 0.1) is 0 Å². The number of benzene rings is 2. The molecule has 0 saturated heterocycles. The summed E-state index contributed by atoms with van der Waals surface area (Å²) >= 11 is 0. The second-order valence-electron chi connectivity index (χ2n) is 5.68. The highest BCUT2D eigenvalue weighted by Gasteiger charge is 2.21. The van der Waals surface area contributed by atoms with Crippen molar-refractivity contribution in [1.29, 1.82) is 0 Å². The minimum atomic E-state index is -0.615. The Hall–Kier alpha value is -3.02. The highest BCUT2D eigenvalue weighted by atomic mass is 16.7. The summed E-state index contributed by atoms with van der Waals surface area (Å²) in [6.07, 6.45) is 0. The average Bonchev–Trinajstić information content (AvgIpc) is 3.12. The van der Waals surface area contributed by atoms with Crippen molar-refractivity contribution in [3.8, 4) is 11.5 Å². The molecular weight excluding hydrogens is 320 g/mol. The number of hydrogen-bond acceptors (Lipinski definition) is 4. The number of rotatable bonds is 5. The highest BCUT2D eigenvalue weighted by molar-refractivity contribution is 6.34. The van der Waals surface area contributed by atoms with Crippen molar-refractivity contribution < 1.29 is 19.1 Å². The minimum Gasteiger partial charge on any atom is -0.454 e. The number of fused-ring (bicyclic) bond motifs is 1. The summed E-state index contributed by atoms with van der Waals surface area (Å²) in [6, 6.07) is 15.0. The lowest BCUT2D eigenvalue weighted by atomic mass is 10.2. The molecule has 0 fully saturated rings. The Morgan fingerprint density at radius 2 is 1.80 bits per heavy atom.